The van der Waals surface area contributed by atoms with Crippen molar-refractivity contribution in [2.45, 2.75) is 26.3 Å². The van der Waals surface area contributed by atoms with Crippen LogP contribution < -0.4 is 11.1 Å². The molecular formula is C15H20N4O. The van der Waals surface area contributed by atoms with Crippen LogP contribution in [0.1, 0.15) is 20.3 Å². The fourth-order valence-electron chi connectivity index (χ4n) is 1.92. The second kappa shape index (κ2) is 6.34. The Morgan fingerprint density at radius 3 is 2.80 bits per heavy atom. The molecule has 1 heterocycles. The number of benzene rings is 1. The van der Waals surface area contributed by atoms with E-state index in [2.05, 4.69) is 10.4 Å². The van der Waals surface area contributed by atoms with Crippen LogP contribution in [-0.2, 0) is 4.79 Å². The molecule has 106 valence electrons. The fraction of sp³-hybridized carbons (Fsp3) is 0.333. The minimum atomic E-state index is -0.509. The Balaban J connectivity index is 2.20. The van der Waals surface area contributed by atoms with Crippen LogP contribution in [0.15, 0.2) is 42.7 Å². The third-order valence-corrected chi connectivity index (χ3v) is 3.47. The number of nitrogens with one attached hydrogen (secondary N) is 1. The zero-order chi connectivity index (χ0) is 14.5. The van der Waals surface area contributed by atoms with E-state index in [4.69, 9.17) is 5.73 Å². The number of carbonyl (C=O) groups is 1. The number of amides is 1. The van der Waals surface area contributed by atoms with Gasteiger partial charge in [-0.15, -0.1) is 0 Å². The predicted octanol–water partition coefficient (Wildman–Crippen LogP) is 2.18. The van der Waals surface area contributed by atoms with E-state index in [-0.39, 0.29) is 11.8 Å². The Kier molecular flexibility index (Phi) is 4.53. The SMILES string of the molecule is CCC(C)[C@H](N)C(=O)Nc1ccccc1-n1cccn1. The van der Waals surface area contributed by atoms with Crippen molar-refractivity contribution in [3.05, 3.63) is 42.7 Å². The van der Waals surface area contributed by atoms with Gasteiger partial charge in [0.2, 0.25) is 5.91 Å². The molecule has 5 heteroatoms. The van der Waals surface area contributed by atoms with Gasteiger partial charge in [-0.3, -0.25) is 4.79 Å². The Bertz CT molecular complexity index is 565. The summed E-state index contributed by atoms with van der Waals surface area (Å²) in [6.07, 6.45) is 4.40. The summed E-state index contributed by atoms with van der Waals surface area (Å²) in [6.45, 7) is 4.00. The van der Waals surface area contributed by atoms with Crippen molar-refractivity contribution in [2.24, 2.45) is 11.7 Å². The first-order valence-corrected chi connectivity index (χ1v) is 6.79. The standard InChI is InChI=1S/C15H20N4O/c1-3-11(2)14(16)15(20)18-12-7-4-5-8-13(12)19-10-6-9-17-19/h4-11,14H,3,16H2,1-2H3,(H,18,20)/t11?,14-/m0/s1. The molecule has 0 aliphatic carbocycles. The molecule has 0 fully saturated rings. The van der Waals surface area contributed by atoms with E-state index in [0.29, 0.717) is 5.69 Å². The third kappa shape index (κ3) is 3.05. The van der Waals surface area contributed by atoms with Crippen molar-refractivity contribution in [1.82, 2.24) is 9.78 Å². The summed E-state index contributed by atoms with van der Waals surface area (Å²) in [5, 5.41) is 7.07. The largest absolute Gasteiger partial charge is 0.323 e. The van der Waals surface area contributed by atoms with E-state index in [1.54, 1.807) is 10.9 Å². The summed E-state index contributed by atoms with van der Waals surface area (Å²) < 4.78 is 1.71. The first kappa shape index (κ1) is 14.3. The van der Waals surface area contributed by atoms with Gasteiger partial charge in [-0.25, -0.2) is 4.68 Å². The number of anilines is 1. The van der Waals surface area contributed by atoms with Crippen molar-refractivity contribution >= 4 is 11.6 Å². The van der Waals surface area contributed by atoms with Crippen LogP contribution in [0.5, 0.6) is 0 Å². The molecule has 1 amide bonds. The number of hydrogen-bond acceptors (Lipinski definition) is 3. The average molecular weight is 272 g/mol. The van der Waals surface area contributed by atoms with Crippen LogP contribution >= 0.6 is 0 Å². The van der Waals surface area contributed by atoms with Crippen LogP contribution in [0.2, 0.25) is 0 Å². The molecule has 0 aliphatic heterocycles. The monoisotopic (exact) mass is 272 g/mol. The zero-order valence-electron chi connectivity index (χ0n) is 11.8. The number of nitrogens with zero attached hydrogens (tertiary/aromatic N) is 2. The van der Waals surface area contributed by atoms with Gasteiger partial charge < -0.3 is 11.1 Å². The Morgan fingerprint density at radius 2 is 2.15 bits per heavy atom. The van der Waals surface area contributed by atoms with E-state index in [1.165, 1.54) is 0 Å². The molecule has 1 aromatic heterocycles. The summed E-state index contributed by atoms with van der Waals surface area (Å²) >= 11 is 0. The Labute approximate surface area is 118 Å². The van der Waals surface area contributed by atoms with Gasteiger partial charge in [-0.2, -0.15) is 5.10 Å². The zero-order valence-corrected chi connectivity index (χ0v) is 11.8. The van der Waals surface area contributed by atoms with Crippen LogP contribution in [0.4, 0.5) is 5.69 Å². The summed E-state index contributed by atoms with van der Waals surface area (Å²) in [4.78, 5) is 12.2. The van der Waals surface area contributed by atoms with Gasteiger partial charge in [0.15, 0.2) is 0 Å². The van der Waals surface area contributed by atoms with E-state index in [9.17, 15) is 4.79 Å². The highest BCUT2D eigenvalue weighted by atomic mass is 16.2. The summed E-state index contributed by atoms with van der Waals surface area (Å²) in [5.41, 5.74) is 7.48. The van der Waals surface area contributed by atoms with Gasteiger partial charge in [0.1, 0.15) is 0 Å². The smallest absolute Gasteiger partial charge is 0.241 e. The fourth-order valence-corrected chi connectivity index (χ4v) is 1.92. The number of carbonyl (C=O) groups excluding carboxylic acids is 1. The van der Waals surface area contributed by atoms with Crippen molar-refractivity contribution in [2.75, 3.05) is 5.32 Å². The number of hydrogen-bond donors (Lipinski definition) is 2. The van der Waals surface area contributed by atoms with Crippen LogP contribution in [0.25, 0.3) is 5.69 Å². The lowest BCUT2D eigenvalue weighted by Gasteiger charge is -2.19. The van der Waals surface area contributed by atoms with Crippen LogP contribution in [0, 0.1) is 5.92 Å². The second-order valence-corrected chi connectivity index (χ2v) is 4.87. The topological polar surface area (TPSA) is 72.9 Å². The first-order valence-electron chi connectivity index (χ1n) is 6.79. The minimum Gasteiger partial charge on any atom is -0.323 e. The third-order valence-electron chi connectivity index (χ3n) is 3.47. The highest BCUT2D eigenvalue weighted by Gasteiger charge is 2.20. The highest BCUT2D eigenvalue weighted by Crippen LogP contribution is 2.19. The average Bonchev–Trinajstić information content (AvgIpc) is 3.00. The quantitative estimate of drug-likeness (QED) is 0.876. The number of para-hydroxylation sites is 2. The molecule has 2 rings (SSSR count). The molecule has 0 bridgehead atoms. The van der Waals surface area contributed by atoms with Gasteiger partial charge in [0.05, 0.1) is 17.4 Å². The maximum absolute atomic E-state index is 12.2. The predicted molar refractivity (Wildman–Crippen MR) is 79.6 cm³/mol. The molecule has 2 aromatic rings. The van der Waals surface area contributed by atoms with Crippen molar-refractivity contribution in [3.8, 4) is 5.69 Å². The van der Waals surface area contributed by atoms with E-state index in [1.807, 2.05) is 50.4 Å². The summed E-state index contributed by atoms with van der Waals surface area (Å²) in [7, 11) is 0. The molecule has 0 aliphatic rings. The van der Waals surface area contributed by atoms with E-state index >= 15 is 0 Å². The first-order chi connectivity index (χ1) is 9.63. The number of aromatic nitrogens is 2. The van der Waals surface area contributed by atoms with Crippen molar-refractivity contribution in [1.29, 1.82) is 0 Å². The van der Waals surface area contributed by atoms with Gasteiger partial charge >= 0.3 is 0 Å². The summed E-state index contributed by atoms with van der Waals surface area (Å²) in [6, 6.07) is 8.85. The van der Waals surface area contributed by atoms with E-state index in [0.717, 1.165) is 12.1 Å². The highest BCUT2D eigenvalue weighted by molar-refractivity contribution is 5.96. The molecule has 1 aromatic carbocycles. The lowest BCUT2D eigenvalue weighted by molar-refractivity contribution is -0.118. The van der Waals surface area contributed by atoms with Gasteiger partial charge in [0.25, 0.3) is 0 Å². The molecule has 1 unspecified atom stereocenters. The van der Waals surface area contributed by atoms with Crippen LogP contribution in [-0.4, -0.2) is 21.7 Å². The molecule has 5 nitrogen and oxygen atoms in total. The Morgan fingerprint density at radius 1 is 1.40 bits per heavy atom. The van der Waals surface area contributed by atoms with Gasteiger partial charge in [0, 0.05) is 12.4 Å². The maximum atomic E-state index is 12.2. The lowest BCUT2D eigenvalue weighted by atomic mass is 9.99. The maximum Gasteiger partial charge on any atom is 0.241 e. The van der Waals surface area contributed by atoms with E-state index < -0.39 is 6.04 Å². The Hall–Kier alpha value is -2.14. The molecule has 2 atom stereocenters. The minimum absolute atomic E-state index is 0.145. The molecule has 3 N–H and O–H groups in total. The number of rotatable bonds is 5. The van der Waals surface area contributed by atoms with Gasteiger partial charge in [-0.1, -0.05) is 32.4 Å². The second-order valence-electron chi connectivity index (χ2n) is 4.87. The molecule has 0 saturated carbocycles. The van der Waals surface area contributed by atoms with Crippen molar-refractivity contribution in [3.63, 3.8) is 0 Å². The molecule has 20 heavy (non-hydrogen) atoms. The summed E-state index contributed by atoms with van der Waals surface area (Å²) in [5.74, 6) is -0.0224. The molecular weight excluding hydrogens is 252 g/mol. The van der Waals surface area contributed by atoms with Crippen molar-refractivity contribution < 1.29 is 4.79 Å². The number of nitrogens with two attached hydrogens (primary N) is 1. The normalized spacial score (nSPS) is 13.8. The molecule has 0 radical (unpaired) electrons. The molecule has 0 saturated heterocycles. The lowest BCUT2D eigenvalue weighted by Crippen LogP contribution is -2.40. The van der Waals surface area contributed by atoms with Crippen LogP contribution in [0.3, 0.4) is 0 Å². The molecule has 0 spiro atoms. The van der Waals surface area contributed by atoms with Gasteiger partial charge in [-0.05, 0) is 24.1 Å².